The van der Waals surface area contributed by atoms with Gasteiger partial charge in [-0.3, -0.25) is 9.89 Å². The molecular weight excluding hydrogens is 223 g/mol. The Morgan fingerprint density at radius 1 is 1.00 bits per heavy atom. The summed E-state index contributed by atoms with van der Waals surface area (Å²) in [6.07, 6.45) is 1.66. The van der Waals surface area contributed by atoms with Crippen LogP contribution in [0, 0.1) is 0 Å². The molecule has 0 bridgehead atoms. The van der Waals surface area contributed by atoms with Crippen LogP contribution in [0.4, 0.5) is 0 Å². The topological polar surface area (TPSA) is 48.6 Å². The van der Waals surface area contributed by atoms with Crippen LogP contribution in [-0.4, -0.2) is 10.2 Å². The molecule has 0 fully saturated rings. The van der Waals surface area contributed by atoms with Crippen LogP contribution in [0.15, 0.2) is 41.3 Å². The monoisotopic (exact) mass is 232 g/mol. The maximum absolute atomic E-state index is 11.1. The van der Waals surface area contributed by atoms with Crippen molar-refractivity contribution in [2.24, 2.45) is 0 Å². The molecule has 14 heavy (non-hydrogen) atoms. The van der Waals surface area contributed by atoms with Crippen LogP contribution < -0.4 is 5.56 Å². The molecule has 1 heterocycles. The van der Waals surface area contributed by atoms with Crippen LogP contribution >= 0.6 is 24.8 Å². The number of rotatable bonds is 1. The summed E-state index contributed by atoms with van der Waals surface area (Å²) < 4.78 is 0. The Labute approximate surface area is 93.4 Å². The molecule has 0 atom stereocenters. The van der Waals surface area contributed by atoms with Crippen molar-refractivity contribution in [2.75, 3.05) is 0 Å². The number of H-pyrrole nitrogens is 2. The standard InChI is InChI=1S/C9H8N2O.2ClH/c12-9-8(6-10-11-9)7-4-2-1-3-5-7;;/h1-6H,(H2,10,11,12);2*1H. The SMILES string of the molecule is Cl.Cl.O=c1[nH][nH]cc1-c1ccccc1. The van der Waals surface area contributed by atoms with Gasteiger partial charge in [0.05, 0.1) is 5.56 Å². The average molecular weight is 233 g/mol. The highest BCUT2D eigenvalue weighted by atomic mass is 35.5. The second kappa shape index (κ2) is 5.52. The lowest BCUT2D eigenvalue weighted by Gasteiger charge is -1.91. The van der Waals surface area contributed by atoms with E-state index < -0.39 is 0 Å². The minimum absolute atomic E-state index is 0. The van der Waals surface area contributed by atoms with Crippen molar-refractivity contribution < 1.29 is 0 Å². The van der Waals surface area contributed by atoms with E-state index in [2.05, 4.69) is 10.2 Å². The molecule has 0 radical (unpaired) electrons. The van der Waals surface area contributed by atoms with E-state index in [1.807, 2.05) is 30.3 Å². The summed E-state index contributed by atoms with van der Waals surface area (Å²) in [6.45, 7) is 0. The molecule has 1 aromatic heterocycles. The Bertz CT molecular complexity index is 422. The molecule has 0 aliphatic carbocycles. The summed E-state index contributed by atoms with van der Waals surface area (Å²) in [5.41, 5.74) is 1.52. The number of halogens is 2. The van der Waals surface area contributed by atoms with Crippen LogP contribution in [0.3, 0.4) is 0 Å². The number of aromatic amines is 2. The first kappa shape index (κ1) is 12.8. The number of nitrogens with one attached hydrogen (secondary N) is 2. The Morgan fingerprint density at radius 2 is 1.64 bits per heavy atom. The van der Waals surface area contributed by atoms with E-state index in [0.717, 1.165) is 5.56 Å². The van der Waals surface area contributed by atoms with E-state index in [-0.39, 0.29) is 30.4 Å². The third-order valence-corrected chi connectivity index (χ3v) is 1.73. The predicted octanol–water partition coefficient (Wildman–Crippen LogP) is 2.21. The zero-order chi connectivity index (χ0) is 8.39. The van der Waals surface area contributed by atoms with Gasteiger partial charge in [0.25, 0.3) is 5.56 Å². The summed E-state index contributed by atoms with van der Waals surface area (Å²) in [5, 5.41) is 5.15. The van der Waals surface area contributed by atoms with Crippen LogP contribution in [0.2, 0.25) is 0 Å². The van der Waals surface area contributed by atoms with Crippen LogP contribution in [-0.2, 0) is 0 Å². The smallest absolute Gasteiger partial charge is 0.271 e. The molecule has 0 saturated heterocycles. The minimum atomic E-state index is -0.0822. The van der Waals surface area contributed by atoms with Crippen molar-refractivity contribution in [1.29, 1.82) is 0 Å². The lowest BCUT2D eigenvalue weighted by Crippen LogP contribution is -2.00. The predicted molar refractivity (Wildman–Crippen MR) is 61.3 cm³/mol. The van der Waals surface area contributed by atoms with Crippen molar-refractivity contribution in [1.82, 2.24) is 10.2 Å². The Kier molecular flexibility index (Phi) is 5.05. The number of hydrogen-bond donors (Lipinski definition) is 2. The summed E-state index contributed by atoms with van der Waals surface area (Å²) in [6, 6.07) is 9.53. The van der Waals surface area contributed by atoms with E-state index in [1.165, 1.54) is 0 Å². The summed E-state index contributed by atoms with van der Waals surface area (Å²) in [7, 11) is 0. The largest absolute Gasteiger partial charge is 0.305 e. The molecule has 2 N–H and O–H groups in total. The van der Waals surface area contributed by atoms with Gasteiger partial charge in [-0.25, -0.2) is 0 Å². The van der Waals surface area contributed by atoms with E-state index in [0.29, 0.717) is 5.56 Å². The molecule has 0 unspecified atom stereocenters. The van der Waals surface area contributed by atoms with E-state index in [9.17, 15) is 4.79 Å². The van der Waals surface area contributed by atoms with Gasteiger partial charge in [-0.15, -0.1) is 24.8 Å². The van der Waals surface area contributed by atoms with Gasteiger partial charge in [-0.05, 0) is 5.56 Å². The molecule has 5 heteroatoms. The van der Waals surface area contributed by atoms with Crippen molar-refractivity contribution >= 4 is 24.8 Å². The van der Waals surface area contributed by atoms with E-state index in [4.69, 9.17) is 0 Å². The second-order valence-corrected chi connectivity index (χ2v) is 2.52. The second-order valence-electron chi connectivity index (χ2n) is 2.52. The number of hydrogen-bond acceptors (Lipinski definition) is 1. The molecule has 0 saturated carbocycles. The van der Waals surface area contributed by atoms with Gasteiger partial charge in [-0.2, -0.15) is 0 Å². The minimum Gasteiger partial charge on any atom is -0.305 e. The molecule has 2 aromatic rings. The Hall–Kier alpha value is -1.19. The van der Waals surface area contributed by atoms with Crippen molar-refractivity contribution in [3.8, 4) is 11.1 Å². The van der Waals surface area contributed by atoms with Gasteiger partial charge < -0.3 is 5.10 Å². The molecule has 76 valence electrons. The third kappa shape index (κ3) is 2.40. The van der Waals surface area contributed by atoms with Crippen molar-refractivity contribution in [3.05, 3.63) is 46.9 Å². The van der Waals surface area contributed by atoms with Gasteiger partial charge >= 0.3 is 0 Å². The fourth-order valence-electron chi connectivity index (χ4n) is 1.14. The first-order valence-electron chi connectivity index (χ1n) is 3.69. The Balaban J connectivity index is 0.000000845. The van der Waals surface area contributed by atoms with Gasteiger partial charge in [0.1, 0.15) is 0 Å². The lowest BCUT2D eigenvalue weighted by atomic mass is 10.1. The fraction of sp³-hybridized carbons (Fsp3) is 0. The highest BCUT2D eigenvalue weighted by molar-refractivity contribution is 5.85. The number of benzene rings is 1. The molecule has 0 aliphatic heterocycles. The third-order valence-electron chi connectivity index (χ3n) is 1.73. The molecule has 3 nitrogen and oxygen atoms in total. The summed E-state index contributed by atoms with van der Waals surface area (Å²) in [5.74, 6) is 0. The first-order valence-corrected chi connectivity index (χ1v) is 3.69. The average Bonchev–Trinajstić information content (AvgIpc) is 2.53. The maximum Gasteiger partial charge on any atom is 0.271 e. The van der Waals surface area contributed by atoms with Gasteiger partial charge in [0.2, 0.25) is 0 Å². The molecule has 1 aromatic carbocycles. The maximum atomic E-state index is 11.1. The molecule has 0 spiro atoms. The zero-order valence-corrected chi connectivity index (χ0v) is 8.82. The van der Waals surface area contributed by atoms with Gasteiger partial charge in [0, 0.05) is 6.20 Å². The van der Waals surface area contributed by atoms with Crippen LogP contribution in [0.5, 0.6) is 0 Å². The Morgan fingerprint density at radius 3 is 2.14 bits per heavy atom. The molecule has 0 aliphatic rings. The fourth-order valence-corrected chi connectivity index (χ4v) is 1.14. The normalized spacial score (nSPS) is 8.57. The van der Waals surface area contributed by atoms with Crippen LogP contribution in [0.25, 0.3) is 11.1 Å². The molecule has 2 rings (SSSR count). The highest BCUT2D eigenvalue weighted by Crippen LogP contribution is 2.11. The van der Waals surface area contributed by atoms with E-state index >= 15 is 0 Å². The van der Waals surface area contributed by atoms with Crippen molar-refractivity contribution in [2.45, 2.75) is 0 Å². The molecule has 0 amide bonds. The number of aromatic nitrogens is 2. The summed E-state index contributed by atoms with van der Waals surface area (Å²) >= 11 is 0. The summed E-state index contributed by atoms with van der Waals surface area (Å²) in [4.78, 5) is 11.1. The van der Waals surface area contributed by atoms with E-state index in [1.54, 1.807) is 6.20 Å². The zero-order valence-electron chi connectivity index (χ0n) is 7.19. The quantitative estimate of drug-likeness (QED) is 0.779. The first-order chi connectivity index (χ1) is 5.88. The van der Waals surface area contributed by atoms with Crippen molar-refractivity contribution in [3.63, 3.8) is 0 Å². The van der Waals surface area contributed by atoms with Gasteiger partial charge in [-0.1, -0.05) is 30.3 Å². The lowest BCUT2D eigenvalue weighted by molar-refractivity contribution is 1.06. The molecular formula is C9H10Cl2N2O. The highest BCUT2D eigenvalue weighted by Gasteiger charge is 2.00. The van der Waals surface area contributed by atoms with Gasteiger partial charge in [0.15, 0.2) is 0 Å². The van der Waals surface area contributed by atoms with Crippen LogP contribution in [0.1, 0.15) is 0 Å².